The van der Waals surface area contributed by atoms with Gasteiger partial charge in [-0.2, -0.15) is 13.2 Å². The predicted octanol–water partition coefficient (Wildman–Crippen LogP) is 2.98. The molecule has 2 rings (SSSR count). The van der Waals surface area contributed by atoms with Crippen LogP contribution in [0.25, 0.3) is 0 Å². The number of carbonyl (C=O) groups is 2. The molecule has 0 bridgehead atoms. The fourth-order valence-electron chi connectivity index (χ4n) is 3.23. The van der Waals surface area contributed by atoms with Crippen molar-refractivity contribution in [2.75, 3.05) is 0 Å². The van der Waals surface area contributed by atoms with Crippen LogP contribution in [0.5, 0.6) is 0 Å². The van der Waals surface area contributed by atoms with E-state index < -0.39 is 23.9 Å². The minimum atomic E-state index is -4.30. The van der Waals surface area contributed by atoms with E-state index in [0.29, 0.717) is 44.9 Å². The molecule has 6 heteroatoms. The van der Waals surface area contributed by atoms with E-state index >= 15 is 0 Å². The molecular formula is C14H20F3NO2. The topological polar surface area (TPSA) is 46.2 Å². The molecule has 2 aliphatic rings. The Balaban J connectivity index is 1.94. The van der Waals surface area contributed by atoms with Crippen LogP contribution in [0, 0.1) is 11.8 Å². The molecule has 0 saturated heterocycles. The summed E-state index contributed by atoms with van der Waals surface area (Å²) in [5.41, 5.74) is 0. The van der Waals surface area contributed by atoms with E-state index in [0.717, 1.165) is 0 Å². The number of hydrogen-bond acceptors (Lipinski definition) is 2. The van der Waals surface area contributed by atoms with Crippen molar-refractivity contribution in [3.63, 3.8) is 0 Å². The number of halogens is 3. The summed E-state index contributed by atoms with van der Waals surface area (Å²) in [7, 11) is 0. The summed E-state index contributed by atoms with van der Waals surface area (Å²) < 4.78 is 38.9. The van der Waals surface area contributed by atoms with E-state index in [2.05, 4.69) is 5.32 Å². The molecule has 2 fully saturated rings. The molecule has 114 valence electrons. The Kier molecular flexibility index (Phi) is 4.70. The Morgan fingerprint density at radius 1 is 1.05 bits per heavy atom. The first-order valence-electron chi connectivity index (χ1n) is 7.26. The number of ketones is 1. The monoisotopic (exact) mass is 291 g/mol. The molecule has 1 amide bonds. The van der Waals surface area contributed by atoms with Crippen molar-refractivity contribution in [1.29, 1.82) is 0 Å². The second-order valence-corrected chi connectivity index (χ2v) is 5.86. The molecule has 2 atom stereocenters. The minimum Gasteiger partial charge on any atom is -0.353 e. The predicted molar refractivity (Wildman–Crippen MR) is 66.9 cm³/mol. The lowest BCUT2D eigenvalue weighted by Crippen LogP contribution is -2.46. The quantitative estimate of drug-likeness (QED) is 0.850. The van der Waals surface area contributed by atoms with Gasteiger partial charge in [-0.1, -0.05) is 12.8 Å². The number of amides is 1. The van der Waals surface area contributed by atoms with Crippen LogP contribution in [0.2, 0.25) is 0 Å². The average Bonchev–Trinajstić information content (AvgIpc) is 2.40. The first-order valence-corrected chi connectivity index (χ1v) is 7.26. The van der Waals surface area contributed by atoms with Gasteiger partial charge in [0.2, 0.25) is 5.91 Å². The van der Waals surface area contributed by atoms with Gasteiger partial charge in [-0.25, -0.2) is 0 Å². The van der Waals surface area contributed by atoms with Crippen LogP contribution in [0.4, 0.5) is 13.2 Å². The first kappa shape index (κ1) is 15.3. The molecule has 2 aliphatic carbocycles. The van der Waals surface area contributed by atoms with Crippen LogP contribution < -0.4 is 5.32 Å². The van der Waals surface area contributed by atoms with E-state index in [1.54, 1.807) is 0 Å². The van der Waals surface area contributed by atoms with Gasteiger partial charge < -0.3 is 5.32 Å². The summed E-state index contributed by atoms with van der Waals surface area (Å²) in [6.07, 6.45) is -0.810. The van der Waals surface area contributed by atoms with Crippen LogP contribution in [-0.2, 0) is 9.59 Å². The average molecular weight is 291 g/mol. The van der Waals surface area contributed by atoms with Gasteiger partial charge in [0.05, 0.1) is 5.92 Å². The van der Waals surface area contributed by atoms with Crippen molar-refractivity contribution in [2.45, 2.75) is 63.6 Å². The molecule has 2 saturated carbocycles. The van der Waals surface area contributed by atoms with E-state index in [1.165, 1.54) is 0 Å². The molecule has 1 N–H and O–H groups in total. The van der Waals surface area contributed by atoms with Crippen LogP contribution in [0.1, 0.15) is 51.4 Å². The van der Waals surface area contributed by atoms with Gasteiger partial charge >= 0.3 is 6.18 Å². The number of nitrogens with one attached hydrogen (secondary N) is 1. The van der Waals surface area contributed by atoms with Crippen molar-refractivity contribution in [3.8, 4) is 0 Å². The zero-order valence-electron chi connectivity index (χ0n) is 11.3. The maximum Gasteiger partial charge on any atom is 0.392 e. The number of hydrogen-bond donors (Lipinski definition) is 1. The smallest absolute Gasteiger partial charge is 0.353 e. The lowest BCUT2D eigenvalue weighted by molar-refractivity contribution is -0.198. The Morgan fingerprint density at radius 3 is 2.25 bits per heavy atom. The van der Waals surface area contributed by atoms with E-state index in [1.807, 2.05) is 0 Å². The number of rotatable bonds is 2. The maximum atomic E-state index is 13.0. The summed E-state index contributed by atoms with van der Waals surface area (Å²) in [6, 6.07) is -0.143. The molecule has 0 aromatic rings. The van der Waals surface area contributed by atoms with Crippen LogP contribution in [0.15, 0.2) is 0 Å². The molecule has 3 nitrogen and oxygen atoms in total. The number of carbonyl (C=O) groups excluding carboxylic acids is 2. The lowest BCUT2D eigenvalue weighted by atomic mass is 9.78. The SMILES string of the molecule is O=C1CCC(NC(=O)C2CCCCC2C(F)(F)F)CC1. The zero-order chi connectivity index (χ0) is 14.8. The van der Waals surface area contributed by atoms with Gasteiger partial charge in [-0.15, -0.1) is 0 Å². The second kappa shape index (κ2) is 6.14. The molecule has 2 unspecified atom stereocenters. The van der Waals surface area contributed by atoms with E-state index in [4.69, 9.17) is 0 Å². The molecule has 0 aliphatic heterocycles. The number of alkyl halides is 3. The van der Waals surface area contributed by atoms with Crippen LogP contribution in [-0.4, -0.2) is 23.9 Å². The van der Waals surface area contributed by atoms with Crippen LogP contribution in [0.3, 0.4) is 0 Å². The summed E-state index contributed by atoms with van der Waals surface area (Å²) in [6.45, 7) is 0. The Bertz CT molecular complexity index is 371. The van der Waals surface area contributed by atoms with Crippen LogP contribution >= 0.6 is 0 Å². The molecule has 0 radical (unpaired) electrons. The molecule has 0 spiro atoms. The summed E-state index contributed by atoms with van der Waals surface area (Å²) in [4.78, 5) is 23.2. The highest BCUT2D eigenvalue weighted by Crippen LogP contribution is 2.41. The van der Waals surface area contributed by atoms with Gasteiger partial charge in [0.15, 0.2) is 0 Å². The zero-order valence-corrected chi connectivity index (χ0v) is 11.3. The van der Waals surface area contributed by atoms with E-state index in [9.17, 15) is 22.8 Å². The third kappa shape index (κ3) is 3.73. The molecule has 20 heavy (non-hydrogen) atoms. The molecule has 0 aromatic carbocycles. The highest BCUT2D eigenvalue weighted by Gasteiger charge is 2.48. The second-order valence-electron chi connectivity index (χ2n) is 5.86. The van der Waals surface area contributed by atoms with Gasteiger partial charge in [-0.05, 0) is 25.7 Å². The van der Waals surface area contributed by atoms with Crippen molar-refractivity contribution >= 4 is 11.7 Å². The first-order chi connectivity index (χ1) is 9.38. The Morgan fingerprint density at radius 2 is 1.65 bits per heavy atom. The van der Waals surface area contributed by atoms with Crippen molar-refractivity contribution in [1.82, 2.24) is 5.32 Å². The lowest BCUT2D eigenvalue weighted by Gasteiger charge is -2.33. The maximum absolute atomic E-state index is 13.0. The Labute approximate surface area is 116 Å². The Hall–Kier alpha value is -1.07. The van der Waals surface area contributed by atoms with E-state index in [-0.39, 0.29) is 18.2 Å². The fraction of sp³-hybridized carbons (Fsp3) is 0.857. The largest absolute Gasteiger partial charge is 0.392 e. The molecular weight excluding hydrogens is 271 g/mol. The highest BCUT2D eigenvalue weighted by atomic mass is 19.4. The normalized spacial score (nSPS) is 29.2. The van der Waals surface area contributed by atoms with Crippen molar-refractivity contribution in [2.24, 2.45) is 11.8 Å². The van der Waals surface area contributed by atoms with Gasteiger partial charge in [-0.3, -0.25) is 9.59 Å². The summed E-state index contributed by atoms with van der Waals surface area (Å²) >= 11 is 0. The summed E-state index contributed by atoms with van der Waals surface area (Å²) in [5, 5.41) is 2.72. The van der Waals surface area contributed by atoms with Gasteiger partial charge in [0.1, 0.15) is 5.78 Å². The minimum absolute atomic E-state index is 0.0464. The summed E-state index contributed by atoms with van der Waals surface area (Å²) in [5.74, 6) is -2.78. The standard InChI is InChI=1S/C14H20F3NO2/c15-14(16,17)12-4-2-1-3-11(12)13(20)18-9-5-7-10(19)8-6-9/h9,11-12H,1-8H2,(H,18,20). The van der Waals surface area contributed by atoms with Crippen molar-refractivity contribution < 1.29 is 22.8 Å². The number of Topliss-reactive ketones (excluding diaryl/α,β-unsaturated/α-hetero) is 1. The molecule has 0 aromatic heterocycles. The van der Waals surface area contributed by atoms with Gasteiger partial charge in [0.25, 0.3) is 0 Å². The van der Waals surface area contributed by atoms with Crippen molar-refractivity contribution in [3.05, 3.63) is 0 Å². The highest BCUT2D eigenvalue weighted by molar-refractivity contribution is 5.81. The van der Waals surface area contributed by atoms with Gasteiger partial charge in [0, 0.05) is 24.8 Å². The third-order valence-corrected chi connectivity index (χ3v) is 4.41. The third-order valence-electron chi connectivity index (χ3n) is 4.41. The fourth-order valence-corrected chi connectivity index (χ4v) is 3.23. The molecule has 0 heterocycles.